The third-order valence-corrected chi connectivity index (χ3v) is 6.00. The molecule has 0 bridgehead atoms. The predicted octanol–water partition coefficient (Wildman–Crippen LogP) is 4.30. The molecule has 0 aliphatic rings. The molecule has 2 aromatic carbocycles. The zero-order chi connectivity index (χ0) is 24.7. The third kappa shape index (κ3) is 6.25. The van der Waals surface area contributed by atoms with Crippen LogP contribution in [0.5, 0.6) is 5.75 Å². The van der Waals surface area contributed by atoms with Crippen molar-refractivity contribution in [2.45, 2.75) is 26.3 Å². The van der Waals surface area contributed by atoms with E-state index in [1.54, 1.807) is 19.2 Å². The van der Waals surface area contributed by atoms with Crippen LogP contribution in [0.25, 0.3) is 10.6 Å². The highest BCUT2D eigenvalue weighted by Crippen LogP contribution is 2.28. The van der Waals surface area contributed by atoms with Crippen molar-refractivity contribution in [2.75, 3.05) is 17.7 Å². The number of nitrogens with one attached hydrogen (secondary N) is 3. The van der Waals surface area contributed by atoms with E-state index >= 15 is 0 Å². The minimum absolute atomic E-state index is 0.0890. The molecular weight excluding hydrogens is 460 g/mol. The number of hydrogen-bond donors (Lipinski definition) is 3. The van der Waals surface area contributed by atoms with E-state index in [9.17, 15) is 19.7 Å². The summed E-state index contributed by atoms with van der Waals surface area (Å²) >= 11 is 1.21. The molecule has 0 fully saturated rings. The van der Waals surface area contributed by atoms with Crippen molar-refractivity contribution in [3.63, 3.8) is 0 Å². The van der Waals surface area contributed by atoms with Gasteiger partial charge < -0.3 is 15.4 Å². The Morgan fingerprint density at radius 2 is 1.76 bits per heavy atom. The Balaban J connectivity index is 1.65. The largest absolute Gasteiger partial charge is 0.497 e. The second kappa shape index (κ2) is 11.2. The number of aromatic nitrogens is 2. The highest BCUT2D eigenvalue weighted by Gasteiger charge is 2.27. The van der Waals surface area contributed by atoms with E-state index in [4.69, 9.17) is 4.74 Å². The van der Waals surface area contributed by atoms with E-state index in [0.717, 1.165) is 11.3 Å². The lowest BCUT2D eigenvalue weighted by molar-refractivity contribution is -0.384. The lowest BCUT2D eigenvalue weighted by atomic mass is 9.98. The van der Waals surface area contributed by atoms with Crippen LogP contribution < -0.4 is 20.7 Å². The van der Waals surface area contributed by atoms with Crippen LogP contribution in [0.1, 0.15) is 20.3 Å². The van der Waals surface area contributed by atoms with Gasteiger partial charge in [-0.3, -0.25) is 20.2 Å². The molecule has 178 valence electrons. The first-order valence-electron chi connectivity index (χ1n) is 10.4. The molecule has 0 spiro atoms. The molecule has 1 aromatic heterocycles. The van der Waals surface area contributed by atoms with Gasteiger partial charge in [0.2, 0.25) is 11.0 Å². The maximum Gasteiger partial charge on any atom is 0.319 e. The summed E-state index contributed by atoms with van der Waals surface area (Å²) in [7, 11) is 1.58. The number of nitrogens with zero attached hydrogens (tertiary/aromatic N) is 3. The van der Waals surface area contributed by atoms with E-state index in [1.165, 1.54) is 35.6 Å². The molecule has 12 heteroatoms. The lowest BCUT2D eigenvalue weighted by Gasteiger charge is -2.23. The molecule has 3 aromatic rings. The van der Waals surface area contributed by atoms with Gasteiger partial charge >= 0.3 is 6.03 Å². The van der Waals surface area contributed by atoms with Gasteiger partial charge in [-0.2, -0.15) is 0 Å². The number of nitro benzene ring substituents is 1. The maximum absolute atomic E-state index is 12.9. The standard InChI is InChI=1S/C22H24N6O5S/c1-4-13(2)18(24-21(30)23-15-7-9-16(10-8-15)28(31)32)19(29)25-22-27-26-20(34-22)14-5-11-17(33-3)12-6-14/h5-13,18H,4H2,1-3H3,(H2,23,24,30)(H,25,27,29). The molecular formula is C22H24N6O5S. The van der Waals surface area contributed by atoms with Crippen molar-refractivity contribution in [3.05, 3.63) is 58.6 Å². The molecule has 0 aliphatic carbocycles. The number of benzene rings is 2. The SMILES string of the molecule is CCC(C)C(NC(=O)Nc1ccc([N+](=O)[O-])cc1)C(=O)Nc1nnc(-c2ccc(OC)cc2)s1. The fourth-order valence-electron chi connectivity index (χ4n) is 2.98. The van der Waals surface area contributed by atoms with Crippen molar-refractivity contribution < 1.29 is 19.2 Å². The van der Waals surface area contributed by atoms with Crippen LogP contribution in [0, 0.1) is 16.0 Å². The zero-order valence-corrected chi connectivity index (χ0v) is 19.6. The van der Waals surface area contributed by atoms with E-state index < -0.39 is 22.9 Å². The Morgan fingerprint density at radius 1 is 1.09 bits per heavy atom. The number of methoxy groups -OCH3 is 1. The van der Waals surface area contributed by atoms with E-state index in [-0.39, 0.29) is 11.6 Å². The fraction of sp³-hybridized carbons (Fsp3) is 0.273. The van der Waals surface area contributed by atoms with Crippen LogP contribution in [0.2, 0.25) is 0 Å². The Morgan fingerprint density at radius 3 is 2.35 bits per heavy atom. The first kappa shape index (κ1) is 24.6. The molecule has 3 rings (SSSR count). The molecule has 1 heterocycles. The summed E-state index contributed by atoms with van der Waals surface area (Å²) in [6.07, 6.45) is 0.642. The number of nitro groups is 1. The molecule has 2 unspecified atom stereocenters. The first-order valence-corrected chi connectivity index (χ1v) is 11.2. The summed E-state index contributed by atoms with van der Waals surface area (Å²) in [4.78, 5) is 35.7. The van der Waals surface area contributed by atoms with Crippen LogP contribution in [0.15, 0.2) is 48.5 Å². The van der Waals surface area contributed by atoms with E-state index in [2.05, 4.69) is 26.1 Å². The van der Waals surface area contributed by atoms with Gasteiger partial charge in [-0.15, -0.1) is 10.2 Å². The topological polar surface area (TPSA) is 148 Å². The minimum atomic E-state index is -0.837. The smallest absolute Gasteiger partial charge is 0.319 e. The average molecular weight is 485 g/mol. The molecule has 11 nitrogen and oxygen atoms in total. The average Bonchev–Trinajstić information content (AvgIpc) is 3.30. The minimum Gasteiger partial charge on any atom is -0.497 e. The molecule has 0 aliphatic heterocycles. The summed E-state index contributed by atoms with van der Waals surface area (Å²) < 4.78 is 5.15. The van der Waals surface area contributed by atoms with Crippen molar-refractivity contribution in [2.24, 2.45) is 5.92 Å². The predicted molar refractivity (Wildman–Crippen MR) is 129 cm³/mol. The van der Waals surface area contributed by atoms with Crippen LogP contribution >= 0.6 is 11.3 Å². The quantitative estimate of drug-likeness (QED) is 0.303. The first-order chi connectivity index (χ1) is 16.3. The van der Waals surface area contributed by atoms with Gasteiger partial charge in [0.1, 0.15) is 16.8 Å². The van der Waals surface area contributed by atoms with Gasteiger partial charge in [0.25, 0.3) is 5.69 Å². The van der Waals surface area contributed by atoms with Crippen molar-refractivity contribution in [1.29, 1.82) is 0 Å². The van der Waals surface area contributed by atoms with Crippen LogP contribution in [-0.4, -0.2) is 40.2 Å². The normalized spacial score (nSPS) is 12.3. The number of anilines is 2. The van der Waals surface area contributed by atoms with E-state index in [1.807, 2.05) is 26.0 Å². The van der Waals surface area contributed by atoms with Crippen molar-refractivity contribution in [3.8, 4) is 16.3 Å². The van der Waals surface area contributed by atoms with Crippen LogP contribution in [0.3, 0.4) is 0 Å². The van der Waals surface area contributed by atoms with E-state index in [0.29, 0.717) is 22.2 Å². The number of amides is 3. The lowest BCUT2D eigenvalue weighted by Crippen LogP contribution is -2.49. The molecule has 2 atom stereocenters. The monoisotopic (exact) mass is 484 g/mol. The maximum atomic E-state index is 12.9. The summed E-state index contributed by atoms with van der Waals surface area (Å²) in [5.74, 6) is 0.124. The molecule has 0 saturated heterocycles. The summed E-state index contributed by atoms with van der Waals surface area (Å²) in [5.41, 5.74) is 1.10. The van der Waals surface area contributed by atoms with Gasteiger partial charge in [-0.25, -0.2) is 4.79 Å². The number of rotatable bonds is 9. The molecule has 0 radical (unpaired) electrons. The number of non-ortho nitro benzene ring substituents is 1. The van der Waals surface area contributed by atoms with Gasteiger partial charge in [-0.1, -0.05) is 31.6 Å². The summed E-state index contributed by atoms with van der Waals surface area (Å²) in [6.45, 7) is 3.76. The second-order valence-corrected chi connectivity index (χ2v) is 8.37. The Bertz CT molecular complexity index is 1150. The third-order valence-electron chi connectivity index (χ3n) is 5.11. The number of carbonyl (C=O) groups is 2. The van der Waals surface area contributed by atoms with Gasteiger partial charge in [-0.05, 0) is 42.3 Å². The van der Waals surface area contributed by atoms with Crippen LogP contribution in [-0.2, 0) is 4.79 Å². The van der Waals surface area contributed by atoms with Crippen molar-refractivity contribution >= 4 is 39.8 Å². The van der Waals surface area contributed by atoms with Gasteiger partial charge in [0.15, 0.2) is 0 Å². The summed E-state index contributed by atoms with van der Waals surface area (Å²) in [6, 6.07) is 11.3. The Labute approximate surface area is 199 Å². The highest BCUT2D eigenvalue weighted by molar-refractivity contribution is 7.18. The number of urea groups is 1. The molecule has 3 N–H and O–H groups in total. The zero-order valence-electron chi connectivity index (χ0n) is 18.8. The summed E-state index contributed by atoms with van der Waals surface area (Å²) in [5, 5.41) is 27.8. The van der Waals surface area contributed by atoms with Crippen molar-refractivity contribution in [1.82, 2.24) is 15.5 Å². The number of ether oxygens (including phenoxy) is 1. The molecule has 0 saturated carbocycles. The van der Waals surface area contributed by atoms with Gasteiger partial charge in [0, 0.05) is 23.4 Å². The number of carbonyl (C=O) groups excluding carboxylic acids is 2. The second-order valence-electron chi connectivity index (χ2n) is 7.40. The highest BCUT2D eigenvalue weighted by atomic mass is 32.1. The molecule has 3 amide bonds. The van der Waals surface area contributed by atoms with Crippen LogP contribution in [0.4, 0.5) is 21.3 Å². The number of hydrogen-bond acceptors (Lipinski definition) is 8. The Kier molecular flexibility index (Phi) is 8.09. The van der Waals surface area contributed by atoms with Gasteiger partial charge in [0.05, 0.1) is 12.0 Å². The fourth-order valence-corrected chi connectivity index (χ4v) is 3.74. The Hall–Kier alpha value is -4.06. The molecule has 34 heavy (non-hydrogen) atoms.